The van der Waals surface area contributed by atoms with Gasteiger partial charge >= 0.3 is 6.18 Å². The van der Waals surface area contributed by atoms with Crippen LogP contribution in [0.5, 0.6) is 0 Å². The third-order valence-corrected chi connectivity index (χ3v) is 2.36. The molecule has 0 aliphatic carbocycles. The van der Waals surface area contributed by atoms with Crippen molar-refractivity contribution in [2.45, 2.75) is 9.97 Å². The van der Waals surface area contributed by atoms with E-state index in [4.69, 9.17) is 34.8 Å². The Morgan fingerprint density at radius 1 is 1.12 bits per heavy atom. The number of H-pyrrole nitrogens is 1. The summed E-state index contributed by atoms with van der Waals surface area (Å²) in [6.07, 6.45) is -3.66. The number of hydrogen-bond acceptors (Lipinski definition) is 3. The third kappa shape index (κ3) is 2.41. The van der Waals surface area contributed by atoms with Gasteiger partial charge < -0.3 is 4.98 Å². The van der Waals surface area contributed by atoms with Crippen molar-refractivity contribution in [2.75, 3.05) is 0 Å². The highest BCUT2D eigenvalue weighted by Gasteiger charge is 2.37. The van der Waals surface area contributed by atoms with Crippen LogP contribution in [0.4, 0.5) is 13.2 Å². The van der Waals surface area contributed by atoms with Crippen LogP contribution in [0.25, 0.3) is 11.2 Å². The molecule has 0 amide bonds. The second-order valence-corrected chi connectivity index (χ2v) is 5.28. The number of alkyl halides is 6. The summed E-state index contributed by atoms with van der Waals surface area (Å²) in [7, 11) is 0. The monoisotopic (exact) mass is 304 g/mol. The average molecular weight is 305 g/mol. The number of halogens is 6. The molecule has 0 atom stereocenters. The van der Waals surface area contributed by atoms with Gasteiger partial charge in [0.15, 0.2) is 5.65 Å². The van der Waals surface area contributed by atoms with Crippen LogP contribution in [0.2, 0.25) is 0 Å². The number of nitrogens with zero attached hydrogens (tertiary/aromatic N) is 3. The zero-order valence-corrected chi connectivity index (χ0v) is 9.95. The van der Waals surface area contributed by atoms with Gasteiger partial charge in [0, 0.05) is 0 Å². The van der Waals surface area contributed by atoms with Crippen LogP contribution in [-0.2, 0) is 9.97 Å². The molecule has 2 heterocycles. The fourth-order valence-corrected chi connectivity index (χ4v) is 1.61. The number of hydrogen-bond donors (Lipinski definition) is 1. The molecule has 2 aromatic rings. The van der Waals surface area contributed by atoms with E-state index < -0.39 is 15.8 Å². The fourth-order valence-electron chi connectivity index (χ4n) is 1.18. The van der Waals surface area contributed by atoms with Gasteiger partial charge in [-0.15, -0.1) is 0 Å². The van der Waals surface area contributed by atoms with Crippen LogP contribution < -0.4 is 0 Å². The molecule has 1 N–H and O–H groups in total. The summed E-state index contributed by atoms with van der Waals surface area (Å²) in [5.74, 6) is -1.22. The van der Waals surface area contributed by atoms with Crippen LogP contribution in [0.1, 0.15) is 11.5 Å². The lowest BCUT2D eigenvalue weighted by Crippen LogP contribution is -2.07. The van der Waals surface area contributed by atoms with Gasteiger partial charge in [-0.25, -0.2) is 15.0 Å². The standard InChI is InChI=1S/C7H2Cl3F3N4/c8-6(9,10)3-2-4(15-1-14-3)17-5(16-2)7(11,12)13/h1H,(H,14,15,16,17). The van der Waals surface area contributed by atoms with E-state index in [1.165, 1.54) is 0 Å². The van der Waals surface area contributed by atoms with Crippen molar-refractivity contribution in [1.29, 1.82) is 0 Å². The molecule has 92 valence electrons. The zero-order chi connectivity index (χ0) is 12.8. The molecule has 0 aliphatic rings. The van der Waals surface area contributed by atoms with E-state index in [9.17, 15) is 13.2 Å². The highest BCUT2D eigenvalue weighted by atomic mass is 35.6. The average Bonchev–Trinajstić information content (AvgIpc) is 2.57. The lowest BCUT2D eigenvalue weighted by Gasteiger charge is -2.09. The van der Waals surface area contributed by atoms with Crippen molar-refractivity contribution in [3.63, 3.8) is 0 Å². The molecule has 0 saturated heterocycles. The molecule has 0 radical (unpaired) electrons. The summed E-state index contributed by atoms with van der Waals surface area (Å²) >= 11 is 16.7. The largest absolute Gasteiger partial charge is 0.449 e. The Morgan fingerprint density at radius 2 is 1.76 bits per heavy atom. The lowest BCUT2D eigenvalue weighted by atomic mass is 10.4. The topological polar surface area (TPSA) is 54.5 Å². The molecule has 2 rings (SSSR count). The Kier molecular flexibility index (Phi) is 2.87. The van der Waals surface area contributed by atoms with Crippen molar-refractivity contribution in [1.82, 2.24) is 19.9 Å². The summed E-state index contributed by atoms with van der Waals surface area (Å²) in [5.41, 5.74) is -0.552. The van der Waals surface area contributed by atoms with E-state index in [1.807, 2.05) is 4.98 Å². The molecule has 17 heavy (non-hydrogen) atoms. The molecular weight excluding hydrogens is 303 g/mol. The minimum Gasteiger partial charge on any atom is -0.331 e. The lowest BCUT2D eigenvalue weighted by molar-refractivity contribution is -0.144. The second-order valence-electron chi connectivity index (χ2n) is 3.00. The Labute approximate surface area is 107 Å². The summed E-state index contributed by atoms with van der Waals surface area (Å²) in [6.45, 7) is 0. The van der Waals surface area contributed by atoms with Gasteiger partial charge in [-0.1, -0.05) is 34.8 Å². The highest BCUT2D eigenvalue weighted by molar-refractivity contribution is 6.67. The Balaban J connectivity index is 2.70. The van der Waals surface area contributed by atoms with Crippen LogP contribution in [0.3, 0.4) is 0 Å². The fraction of sp³-hybridized carbons (Fsp3) is 0.286. The van der Waals surface area contributed by atoms with E-state index >= 15 is 0 Å². The van der Waals surface area contributed by atoms with Crippen molar-refractivity contribution >= 4 is 46.0 Å². The van der Waals surface area contributed by atoms with Crippen molar-refractivity contribution in [3.05, 3.63) is 17.8 Å². The molecular formula is C7H2Cl3F3N4. The van der Waals surface area contributed by atoms with Gasteiger partial charge in [0.05, 0.1) is 0 Å². The van der Waals surface area contributed by atoms with Gasteiger partial charge in [0.2, 0.25) is 9.62 Å². The van der Waals surface area contributed by atoms with Crippen LogP contribution in [0.15, 0.2) is 6.33 Å². The number of rotatable bonds is 0. The minimum atomic E-state index is -4.63. The van der Waals surface area contributed by atoms with Gasteiger partial charge in [-0.3, -0.25) is 0 Å². The minimum absolute atomic E-state index is 0.153. The Morgan fingerprint density at radius 3 is 2.29 bits per heavy atom. The summed E-state index contributed by atoms with van der Waals surface area (Å²) in [6, 6.07) is 0. The maximum absolute atomic E-state index is 12.4. The van der Waals surface area contributed by atoms with E-state index in [0.717, 1.165) is 6.33 Å². The molecule has 0 spiro atoms. The normalized spacial score (nSPS) is 13.3. The molecule has 10 heteroatoms. The molecule has 4 nitrogen and oxygen atoms in total. The first-order chi connectivity index (χ1) is 7.69. The van der Waals surface area contributed by atoms with Crippen LogP contribution >= 0.6 is 34.8 Å². The van der Waals surface area contributed by atoms with Gasteiger partial charge in [-0.05, 0) is 0 Å². The number of fused-ring (bicyclic) bond motifs is 1. The Bertz CT molecular complexity index is 559. The first kappa shape index (κ1) is 12.7. The first-order valence-electron chi connectivity index (χ1n) is 4.04. The number of aromatic nitrogens is 4. The molecule has 0 aromatic carbocycles. The van der Waals surface area contributed by atoms with Gasteiger partial charge in [-0.2, -0.15) is 13.2 Å². The molecule has 2 aromatic heterocycles. The third-order valence-electron chi connectivity index (χ3n) is 1.83. The van der Waals surface area contributed by atoms with E-state index in [2.05, 4.69) is 15.0 Å². The predicted octanol–water partition coefficient (Wildman–Crippen LogP) is 3.20. The highest BCUT2D eigenvalue weighted by Crippen LogP contribution is 2.40. The zero-order valence-electron chi connectivity index (χ0n) is 7.69. The molecule has 0 aliphatic heterocycles. The number of nitrogens with one attached hydrogen (secondary N) is 1. The maximum Gasteiger partial charge on any atom is 0.449 e. The smallest absolute Gasteiger partial charge is 0.331 e. The predicted molar refractivity (Wildman–Crippen MR) is 55.9 cm³/mol. The summed E-state index contributed by atoms with van der Waals surface area (Å²) < 4.78 is 35.3. The quantitative estimate of drug-likeness (QED) is 0.760. The van der Waals surface area contributed by atoms with Crippen molar-refractivity contribution in [2.24, 2.45) is 0 Å². The van der Waals surface area contributed by atoms with E-state index in [0.29, 0.717) is 0 Å². The second kappa shape index (κ2) is 3.86. The van der Waals surface area contributed by atoms with E-state index in [1.54, 1.807) is 0 Å². The van der Waals surface area contributed by atoms with E-state index in [-0.39, 0.29) is 16.9 Å². The van der Waals surface area contributed by atoms with Crippen LogP contribution in [0, 0.1) is 0 Å². The maximum atomic E-state index is 12.4. The summed E-state index contributed by atoms with van der Waals surface area (Å²) in [5, 5.41) is 0. The first-order valence-corrected chi connectivity index (χ1v) is 5.18. The number of aromatic amines is 1. The molecule has 0 unspecified atom stereocenters. The summed E-state index contributed by atoms with van der Waals surface area (Å²) in [4.78, 5) is 12.4. The van der Waals surface area contributed by atoms with Gasteiger partial charge in [0.25, 0.3) is 0 Å². The van der Waals surface area contributed by atoms with Crippen molar-refractivity contribution < 1.29 is 13.2 Å². The van der Waals surface area contributed by atoms with Crippen LogP contribution in [-0.4, -0.2) is 19.9 Å². The SMILES string of the molecule is FC(F)(F)c1nc2ncnc(C(Cl)(Cl)Cl)c2[nH]1. The molecule has 0 bridgehead atoms. The molecule has 0 fully saturated rings. The Hall–Kier alpha value is -0.790. The number of imidazole rings is 1. The van der Waals surface area contributed by atoms with Crippen molar-refractivity contribution in [3.8, 4) is 0 Å². The molecule has 0 saturated carbocycles. The van der Waals surface area contributed by atoms with Gasteiger partial charge in [0.1, 0.15) is 17.5 Å².